The molecule has 0 unspecified atom stereocenters. The minimum atomic E-state index is -0.147. The molecular formula is C10H15N4O2S+. The third kappa shape index (κ3) is 5.38. The molecule has 1 aromatic rings. The van der Waals surface area contributed by atoms with Crippen molar-refractivity contribution in [2.24, 2.45) is 0 Å². The molecule has 1 amide bonds. The number of quaternary nitrogens is 1. The SMILES string of the molecule is C#CCNC(=O)CSc1nnc(C[NH+](C)C)o1. The quantitative estimate of drug-likeness (QED) is 0.481. The summed E-state index contributed by atoms with van der Waals surface area (Å²) in [4.78, 5) is 12.4. The Morgan fingerprint density at radius 2 is 2.35 bits per heavy atom. The van der Waals surface area contributed by atoms with E-state index in [-0.39, 0.29) is 18.2 Å². The molecule has 0 spiro atoms. The van der Waals surface area contributed by atoms with Crippen LogP contribution in [0.1, 0.15) is 5.89 Å². The van der Waals surface area contributed by atoms with E-state index in [1.807, 2.05) is 14.1 Å². The largest absolute Gasteiger partial charge is 0.410 e. The predicted molar refractivity (Wildman–Crippen MR) is 63.4 cm³/mol. The van der Waals surface area contributed by atoms with Gasteiger partial charge < -0.3 is 14.6 Å². The van der Waals surface area contributed by atoms with Crippen LogP contribution in [0, 0.1) is 12.3 Å². The summed E-state index contributed by atoms with van der Waals surface area (Å²) in [7, 11) is 3.98. The second-order valence-corrected chi connectivity index (χ2v) is 4.54. The maximum atomic E-state index is 11.2. The Balaban J connectivity index is 2.34. The van der Waals surface area contributed by atoms with Gasteiger partial charge in [0.25, 0.3) is 11.1 Å². The number of thioether (sulfide) groups is 1. The van der Waals surface area contributed by atoms with E-state index in [1.54, 1.807) is 0 Å². The number of terminal acetylenes is 1. The van der Waals surface area contributed by atoms with Crippen LogP contribution >= 0.6 is 11.8 Å². The molecule has 0 aromatic carbocycles. The molecule has 0 aliphatic carbocycles. The summed E-state index contributed by atoms with van der Waals surface area (Å²) >= 11 is 1.20. The Morgan fingerprint density at radius 3 is 3.00 bits per heavy atom. The third-order valence-electron chi connectivity index (χ3n) is 1.67. The summed E-state index contributed by atoms with van der Waals surface area (Å²) in [5.74, 6) is 2.97. The van der Waals surface area contributed by atoms with Crippen molar-refractivity contribution in [1.82, 2.24) is 15.5 Å². The van der Waals surface area contributed by atoms with Crippen LogP contribution in [0.15, 0.2) is 9.64 Å². The van der Waals surface area contributed by atoms with Crippen molar-refractivity contribution < 1.29 is 14.1 Å². The van der Waals surface area contributed by atoms with Crippen molar-refractivity contribution in [3.63, 3.8) is 0 Å². The average molecular weight is 255 g/mol. The van der Waals surface area contributed by atoms with E-state index in [0.29, 0.717) is 17.7 Å². The third-order valence-corrected chi connectivity index (χ3v) is 2.49. The molecule has 17 heavy (non-hydrogen) atoms. The highest BCUT2D eigenvalue weighted by Gasteiger charge is 2.10. The van der Waals surface area contributed by atoms with Crippen LogP contribution in [-0.4, -0.2) is 42.5 Å². The molecule has 0 atom stereocenters. The molecule has 0 radical (unpaired) electrons. The van der Waals surface area contributed by atoms with Crippen molar-refractivity contribution >= 4 is 17.7 Å². The normalized spacial score (nSPS) is 10.2. The van der Waals surface area contributed by atoms with Gasteiger partial charge in [0.05, 0.1) is 26.4 Å². The molecule has 0 saturated carbocycles. The topological polar surface area (TPSA) is 72.5 Å². The molecule has 0 saturated heterocycles. The average Bonchev–Trinajstić information content (AvgIpc) is 2.70. The Labute approximate surface area is 104 Å². The molecule has 6 nitrogen and oxygen atoms in total. The fourth-order valence-electron chi connectivity index (χ4n) is 0.998. The molecule has 2 N–H and O–H groups in total. The molecule has 1 heterocycles. The lowest BCUT2D eigenvalue weighted by molar-refractivity contribution is -0.874. The number of aromatic nitrogens is 2. The molecule has 0 aliphatic rings. The minimum Gasteiger partial charge on any atom is -0.410 e. The van der Waals surface area contributed by atoms with E-state index < -0.39 is 0 Å². The van der Waals surface area contributed by atoms with E-state index in [2.05, 4.69) is 21.4 Å². The number of nitrogens with one attached hydrogen (secondary N) is 2. The summed E-state index contributed by atoms with van der Waals surface area (Å²) in [6, 6.07) is 0. The van der Waals surface area contributed by atoms with Crippen LogP contribution in [0.2, 0.25) is 0 Å². The van der Waals surface area contributed by atoms with Crippen LogP contribution in [0.25, 0.3) is 0 Å². The first-order chi connectivity index (χ1) is 8.11. The van der Waals surface area contributed by atoms with Gasteiger partial charge in [0, 0.05) is 0 Å². The van der Waals surface area contributed by atoms with Gasteiger partial charge in [-0.2, -0.15) is 0 Å². The van der Waals surface area contributed by atoms with Crippen LogP contribution in [0.5, 0.6) is 0 Å². The summed E-state index contributed by atoms with van der Waals surface area (Å²) in [6.07, 6.45) is 5.02. The number of hydrogen-bond acceptors (Lipinski definition) is 5. The van der Waals surface area contributed by atoms with E-state index in [1.165, 1.54) is 16.7 Å². The standard InChI is InChI=1S/C10H14N4O2S/c1-4-5-11-8(15)7-17-10-13-12-9(16-10)6-14(2)3/h1H,5-7H2,2-3H3,(H,11,15)/p+1. The maximum Gasteiger partial charge on any atom is 0.277 e. The second-order valence-electron chi connectivity index (χ2n) is 3.62. The van der Waals surface area contributed by atoms with Crippen molar-refractivity contribution in [2.45, 2.75) is 11.8 Å². The summed E-state index contributed by atoms with van der Waals surface area (Å²) < 4.78 is 5.35. The van der Waals surface area contributed by atoms with Crippen LogP contribution in [0.3, 0.4) is 0 Å². The van der Waals surface area contributed by atoms with Crippen molar-refractivity contribution in [1.29, 1.82) is 0 Å². The van der Waals surface area contributed by atoms with E-state index in [9.17, 15) is 4.79 Å². The van der Waals surface area contributed by atoms with Crippen LogP contribution in [-0.2, 0) is 11.3 Å². The molecule has 92 valence electrons. The monoisotopic (exact) mass is 255 g/mol. The molecular weight excluding hydrogens is 240 g/mol. The van der Waals surface area contributed by atoms with Crippen molar-refractivity contribution in [3.05, 3.63) is 5.89 Å². The maximum absolute atomic E-state index is 11.2. The van der Waals surface area contributed by atoms with Crippen LogP contribution < -0.4 is 10.2 Å². The number of nitrogens with zero attached hydrogens (tertiary/aromatic N) is 2. The molecule has 1 aromatic heterocycles. The molecule has 0 bridgehead atoms. The zero-order valence-corrected chi connectivity index (χ0v) is 10.6. The van der Waals surface area contributed by atoms with Gasteiger partial charge in [-0.25, -0.2) is 0 Å². The number of carbonyl (C=O) groups excluding carboxylic acids is 1. The Hall–Kier alpha value is -1.52. The predicted octanol–water partition coefficient (Wildman–Crippen LogP) is -1.44. The first-order valence-electron chi connectivity index (χ1n) is 5.06. The molecule has 0 aliphatic heterocycles. The van der Waals surface area contributed by atoms with E-state index >= 15 is 0 Å². The van der Waals surface area contributed by atoms with Gasteiger partial charge in [-0.3, -0.25) is 4.79 Å². The number of amides is 1. The summed E-state index contributed by atoms with van der Waals surface area (Å²) in [5, 5.41) is 10.7. The number of rotatable bonds is 6. The van der Waals surface area contributed by atoms with Crippen molar-refractivity contribution in [2.75, 3.05) is 26.4 Å². The Morgan fingerprint density at radius 1 is 1.59 bits per heavy atom. The molecule has 1 rings (SSSR count). The first kappa shape index (κ1) is 13.5. The lowest BCUT2D eigenvalue weighted by Gasteiger charge is -2.01. The highest BCUT2D eigenvalue weighted by molar-refractivity contribution is 7.99. The Bertz CT molecular complexity index is 411. The Kier molecular flexibility index (Phi) is 5.52. The highest BCUT2D eigenvalue weighted by Crippen LogP contribution is 2.14. The highest BCUT2D eigenvalue weighted by atomic mass is 32.2. The van der Waals surface area contributed by atoms with Crippen molar-refractivity contribution in [3.8, 4) is 12.3 Å². The first-order valence-corrected chi connectivity index (χ1v) is 6.04. The fraction of sp³-hybridized carbons (Fsp3) is 0.500. The number of carbonyl (C=O) groups is 1. The van der Waals surface area contributed by atoms with E-state index in [0.717, 1.165) is 0 Å². The fourth-order valence-corrected chi connectivity index (χ4v) is 1.61. The minimum absolute atomic E-state index is 0.147. The van der Waals surface area contributed by atoms with Gasteiger partial charge in [-0.05, 0) is 0 Å². The lowest BCUT2D eigenvalue weighted by Crippen LogP contribution is -3.04. The van der Waals surface area contributed by atoms with Gasteiger partial charge in [-0.15, -0.1) is 16.6 Å². The van der Waals surface area contributed by atoms with Gasteiger partial charge in [-0.1, -0.05) is 17.7 Å². The van der Waals surface area contributed by atoms with Gasteiger partial charge in [0.15, 0.2) is 6.54 Å². The van der Waals surface area contributed by atoms with Gasteiger partial charge in [0.2, 0.25) is 5.91 Å². The van der Waals surface area contributed by atoms with E-state index in [4.69, 9.17) is 10.8 Å². The van der Waals surface area contributed by atoms with Gasteiger partial charge >= 0.3 is 0 Å². The lowest BCUT2D eigenvalue weighted by atomic mass is 10.6. The van der Waals surface area contributed by atoms with Gasteiger partial charge in [0.1, 0.15) is 0 Å². The zero-order valence-electron chi connectivity index (χ0n) is 9.82. The summed E-state index contributed by atoms with van der Waals surface area (Å²) in [6.45, 7) is 0.898. The van der Waals surface area contributed by atoms with Crippen LogP contribution in [0.4, 0.5) is 0 Å². The summed E-state index contributed by atoms with van der Waals surface area (Å²) in [5.41, 5.74) is 0. The smallest absolute Gasteiger partial charge is 0.277 e. The second kappa shape index (κ2) is 6.93. The number of hydrogen-bond donors (Lipinski definition) is 2. The molecule has 7 heteroatoms. The zero-order chi connectivity index (χ0) is 12.7. The molecule has 0 fully saturated rings.